The van der Waals surface area contributed by atoms with E-state index in [0.717, 1.165) is 6.26 Å². The van der Waals surface area contributed by atoms with Crippen LogP contribution in [0.2, 0.25) is 0 Å². The van der Waals surface area contributed by atoms with E-state index in [2.05, 4.69) is 9.24 Å². The van der Waals surface area contributed by atoms with Gasteiger partial charge in [-0.05, 0) is 29.5 Å². The maximum absolute atomic E-state index is 10.5. The minimum absolute atomic E-state index is 0. The molecule has 70 valence electrons. The molecule has 0 radical (unpaired) electrons. The van der Waals surface area contributed by atoms with E-state index in [1.165, 1.54) is 7.05 Å². The summed E-state index contributed by atoms with van der Waals surface area (Å²) in [6.07, 6.45) is 0.934. The molecule has 8 heteroatoms. The molecule has 0 aromatic heterocycles. The SMILES string of the molecule is C.CNP(Cl)(Cl)=NS(C)(=O)=O. The quantitative estimate of drug-likeness (QED) is 0.754. The molecule has 0 aliphatic carbocycles. The zero-order valence-corrected chi connectivity index (χ0v) is 8.60. The van der Waals surface area contributed by atoms with Crippen LogP contribution in [0.1, 0.15) is 7.43 Å². The van der Waals surface area contributed by atoms with E-state index in [0.29, 0.717) is 0 Å². The van der Waals surface area contributed by atoms with Crippen LogP contribution in [0.3, 0.4) is 0 Å². The Morgan fingerprint density at radius 2 is 1.82 bits per heavy atom. The molecule has 0 heterocycles. The first kappa shape index (κ1) is 14.3. The fourth-order valence-corrected chi connectivity index (χ4v) is 4.06. The number of hydrogen-bond acceptors (Lipinski definition) is 2. The van der Waals surface area contributed by atoms with Crippen molar-refractivity contribution < 1.29 is 8.42 Å². The summed E-state index contributed by atoms with van der Waals surface area (Å²) < 4.78 is 24.1. The largest absolute Gasteiger partial charge is 0.262 e. The molecule has 0 saturated carbocycles. The molecule has 1 N–H and O–H groups in total. The highest BCUT2D eigenvalue weighted by atomic mass is 35.9. The molecule has 0 rings (SSSR count). The van der Waals surface area contributed by atoms with Crippen molar-refractivity contribution in [3.05, 3.63) is 0 Å². The maximum Gasteiger partial charge on any atom is 0.252 e. The van der Waals surface area contributed by atoms with Gasteiger partial charge in [0, 0.05) is 0 Å². The predicted octanol–water partition coefficient (Wildman–Crippen LogP) is 2.23. The molecule has 0 spiro atoms. The fourth-order valence-electron chi connectivity index (χ4n) is 0.227. The Balaban J connectivity index is 0. The van der Waals surface area contributed by atoms with Crippen molar-refractivity contribution in [3.8, 4) is 0 Å². The van der Waals surface area contributed by atoms with Crippen LogP contribution >= 0.6 is 28.4 Å². The number of nitrogens with one attached hydrogen (secondary N) is 1. The molecule has 0 aromatic rings. The number of halogens is 2. The van der Waals surface area contributed by atoms with Crippen LogP contribution in [0.25, 0.3) is 0 Å². The van der Waals surface area contributed by atoms with E-state index in [1.807, 2.05) is 0 Å². The Hall–Kier alpha value is 0.720. The van der Waals surface area contributed by atoms with Crippen LogP contribution in [0.5, 0.6) is 0 Å². The zero-order valence-electron chi connectivity index (χ0n) is 5.38. The van der Waals surface area contributed by atoms with Crippen molar-refractivity contribution in [2.24, 2.45) is 4.15 Å². The Bertz CT molecular complexity index is 257. The van der Waals surface area contributed by atoms with E-state index in [4.69, 9.17) is 22.5 Å². The van der Waals surface area contributed by atoms with E-state index in [1.54, 1.807) is 0 Å². The number of hydrogen-bond donors (Lipinski definition) is 1. The van der Waals surface area contributed by atoms with Crippen LogP contribution in [-0.4, -0.2) is 21.7 Å². The van der Waals surface area contributed by atoms with Gasteiger partial charge in [-0.2, -0.15) is 0 Å². The van der Waals surface area contributed by atoms with Gasteiger partial charge in [-0.25, -0.2) is 8.42 Å². The lowest BCUT2D eigenvalue weighted by molar-refractivity contribution is 0.604. The summed E-state index contributed by atoms with van der Waals surface area (Å²) in [7, 11) is -2.00. The first-order valence-corrected chi connectivity index (χ1v) is 7.59. The highest BCUT2D eigenvalue weighted by Gasteiger charge is 2.11. The summed E-state index contributed by atoms with van der Waals surface area (Å²) in [5.41, 5.74) is 0. The van der Waals surface area contributed by atoms with Crippen LogP contribution in [0, 0.1) is 0 Å². The van der Waals surface area contributed by atoms with Gasteiger partial charge in [0.2, 0.25) is 5.91 Å². The van der Waals surface area contributed by atoms with Crippen LogP contribution in [0.15, 0.2) is 4.15 Å². The third-order valence-electron chi connectivity index (χ3n) is 0.520. The smallest absolute Gasteiger partial charge is 0.252 e. The van der Waals surface area contributed by atoms with Crippen molar-refractivity contribution in [1.29, 1.82) is 0 Å². The second kappa shape index (κ2) is 4.67. The monoisotopic (exact) mass is 240 g/mol. The summed E-state index contributed by atoms with van der Waals surface area (Å²) in [6, 6.07) is 0. The normalized spacial score (nSPS) is 12.0. The van der Waals surface area contributed by atoms with Gasteiger partial charge in [-0.3, -0.25) is 5.09 Å². The highest BCUT2D eigenvalue weighted by Crippen LogP contribution is 2.56. The molecule has 0 aromatic carbocycles. The van der Waals surface area contributed by atoms with Gasteiger partial charge in [0.05, 0.1) is 6.26 Å². The van der Waals surface area contributed by atoms with E-state index >= 15 is 0 Å². The van der Waals surface area contributed by atoms with Gasteiger partial charge in [0.25, 0.3) is 10.0 Å². The van der Waals surface area contributed by atoms with E-state index < -0.39 is 15.9 Å². The van der Waals surface area contributed by atoms with Crippen molar-refractivity contribution in [1.82, 2.24) is 5.09 Å². The Kier molecular flexibility index (Phi) is 6.06. The summed E-state index contributed by atoms with van der Waals surface area (Å²) >= 11 is 10.8. The van der Waals surface area contributed by atoms with Gasteiger partial charge in [-0.1, -0.05) is 7.43 Å². The Morgan fingerprint density at radius 3 is 1.91 bits per heavy atom. The lowest BCUT2D eigenvalue weighted by Gasteiger charge is -2.03. The molecule has 11 heavy (non-hydrogen) atoms. The van der Waals surface area contributed by atoms with Crippen LogP contribution in [0.4, 0.5) is 0 Å². The van der Waals surface area contributed by atoms with Gasteiger partial charge < -0.3 is 0 Å². The average Bonchev–Trinajstić information content (AvgIpc) is 1.60. The molecule has 4 nitrogen and oxygen atoms in total. The Labute approximate surface area is 77.0 Å². The topological polar surface area (TPSA) is 58.5 Å². The molecule has 0 amide bonds. The fraction of sp³-hybridized carbons (Fsp3) is 1.00. The van der Waals surface area contributed by atoms with E-state index in [9.17, 15) is 8.42 Å². The van der Waals surface area contributed by atoms with E-state index in [-0.39, 0.29) is 7.43 Å². The Morgan fingerprint density at radius 1 is 1.45 bits per heavy atom. The molecule has 0 aliphatic rings. The van der Waals surface area contributed by atoms with Gasteiger partial charge >= 0.3 is 0 Å². The predicted molar refractivity (Wildman–Crippen MR) is 51.7 cm³/mol. The van der Waals surface area contributed by atoms with Gasteiger partial charge in [-0.15, -0.1) is 4.15 Å². The summed E-state index contributed by atoms with van der Waals surface area (Å²) in [5, 5.41) is 2.39. The molecule has 0 aliphatic heterocycles. The van der Waals surface area contributed by atoms with Crippen LogP contribution in [-0.2, 0) is 10.0 Å². The van der Waals surface area contributed by atoms with Gasteiger partial charge in [0.1, 0.15) is 0 Å². The van der Waals surface area contributed by atoms with Crippen molar-refractivity contribution in [2.75, 3.05) is 13.3 Å². The second-order valence-electron chi connectivity index (χ2n) is 1.52. The summed E-state index contributed by atoms with van der Waals surface area (Å²) in [5.74, 6) is -2.81. The second-order valence-corrected chi connectivity index (χ2v) is 8.51. The number of sulfonamides is 1. The summed E-state index contributed by atoms with van der Waals surface area (Å²) in [6.45, 7) is 0. The lowest BCUT2D eigenvalue weighted by Crippen LogP contribution is -1.96. The standard InChI is InChI=1S/C2H7Cl2N2O2PS.CH4/c1-5-9(3,4)6-10(2,7)8;/h5H,1-2H3;1H4. The summed E-state index contributed by atoms with van der Waals surface area (Å²) in [4.78, 5) is 0. The highest BCUT2D eigenvalue weighted by molar-refractivity contribution is 8.12. The minimum atomic E-state index is -3.45. The molecule has 0 saturated heterocycles. The zero-order chi connectivity index (χ0) is 8.41. The molecule has 0 unspecified atom stereocenters. The molecule has 0 atom stereocenters. The maximum atomic E-state index is 10.5. The van der Waals surface area contributed by atoms with Gasteiger partial charge in [0.15, 0.2) is 0 Å². The lowest BCUT2D eigenvalue weighted by atomic mass is 11.6. The first-order chi connectivity index (χ1) is 4.27. The minimum Gasteiger partial charge on any atom is -0.262 e. The molecule has 0 bridgehead atoms. The first-order valence-electron chi connectivity index (χ1n) is 2.19. The van der Waals surface area contributed by atoms with Crippen molar-refractivity contribution in [3.63, 3.8) is 0 Å². The van der Waals surface area contributed by atoms with Crippen molar-refractivity contribution >= 4 is 38.4 Å². The molecular weight excluding hydrogens is 230 g/mol. The third kappa shape index (κ3) is 8.63. The number of rotatable bonds is 2. The average molecular weight is 241 g/mol. The molecular formula is C3H11Cl2N2O2PS. The third-order valence-corrected chi connectivity index (χ3v) is 5.19. The number of nitrogens with zero attached hydrogens (tertiary/aromatic N) is 1. The molecule has 0 fully saturated rings. The van der Waals surface area contributed by atoms with Crippen LogP contribution < -0.4 is 5.09 Å². The van der Waals surface area contributed by atoms with Crippen molar-refractivity contribution in [2.45, 2.75) is 7.43 Å².